The Morgan fingerprint density at radius 1 is 1.30 bits per heavy atom. The van der Waals surface area contributed by atoms with E-state index in [-0.39, 0.29) is 17.9 Å². The zero-order valence-corrected chi connectivity index (χ0v) is 11.1. The van der Waals surface area contributed by atoms with Gasteiger partial charge in [0.15, 0.2) is 5.78 Å². The van der Waals surface area contributed by atoms with E-state index in [1.807, 2.05) is 17.9 Å². The van der Waals surface area contributed by atoms with E-state index in [0.717, 1.165) is 17.9 Å². The second-order valence-electron chi connectivity index (χ2n) is 4.43. The highest BCUT2D eigenvalue weighted by Gasteiger charge is 2.16. The summed E-state index contributed by atoms with van der Waals surface area (Å²) in [5, 5.41) is 0. The van der Waals surface area contributed by atoms with Crippen LogP contribution in [0, 0.1) is 11.6 Å². The van der Waals surface area contributed by atoms with Crippen molar-refractivity contribution < 1.29 is 18.0 Å². The van der Waals surface area contributed by atoms with E-state index in [9.17, 15) is 13.6 Å². The second-order valence-corrected chi connectivity index (χ2v) is 4.43. The SMILES string of the molecule is CCN(CC(=O)c1ccc(F)cc1F)Cc1ccco1. The first-order chi connectivity index (χ1) is 9.60. The number of benzene rings is 1. The number of rotatable bonds is 6. The molecule has 2 aromatic rings. The quantitative estimate of drug-likeness (QED) is 0.761. The highest BCUT2D eigenvalue weighted by atomic mass is 19.1. The summed E-state index contributed by atoms with van der Waals surface area (Å²) in [5.74, 6) is -1.17. The smallest absolute Gasteiger partial charge is 0.179 e. The number of ketones is 1. The molecule has 0 fully saturated rings. The molecule has 1 heterocycles. The molecule has 0 saturated heterocycles. The van der Waals surface area contributed by atoms with E-state index >= 15 is 0 Å². The molecular formula is C15H15F2NO2. The normalized spacial score (nSPS) is 11.0. The van der Waals surface area contributed by atoms with Crippen molar-refractivity contribution in [3.63, 3.8) is 0 Å². The van der Waals surface area contributed by atoms with Gasteiger partial charge in [-0.05, 0) is 30.8 Å². The lowest BCUT2D eigenvalue weighted by molar-refractivity contribution is 0.0921. The summed E-state index contributed by atoms with van der Waals surface area (Å²) in [4.78, 5) is 13.9. The number of nitrogens with zero attached hydrogens (tertiary/aromatic N) is 1. The van der Waals surface area contributed by atoms with Crippen molar-refractivity contribution in [2.75, 3.05) is 13.1 Å². The second kappa shape index (κ2) is 6.43. The van der Waals surface area contributed by atoms with Gasteiger partial charge in [-0.2, -0.15) is 0 Å². The van der Waals surface area contributed by atoms with Crippen LogP contribution in [0.15, 0.2) is 41.0 Å². The average molecular weight is 279 g/mol. The van der Waals surface area contributed by atoms with Crippen molar-refractivity contribution in [2.24, 2.45) is 0 Å². The van der Waals surface area contributed by atoms with Gasteiger partial charge in [0, 0.05) is 6.07 Å². The number of Topliss-reactive ketones (excluding diaryl/α,β-unsaturated/α-hetero) is 1. The predicted octanol–water partition coefficient (Wildman–Crippen LogP) is 3.26. The third kappa shape index (κ3) is 3.51. The lowest BCUT2D eigenvalue weighted by Crippen LogP contribution is -2.29. The van der Waals surface area contributed by atoms with Crippen LogP contribution in [0.1, 0.15) is 23.0 Å². The van der Waals surface area contributed by atoms with Crippen LogP contribution in [0.2, 0.25) is 0 Å². The van der Waals surface area contributed by atoms with Crippen LogP contribution < -0.4 is 0 Å². The average Bonchev–Trinajstić information content (AvgIpc) is 2.90. The summed E-state index contributed by atoms with van der Waals surface area (Å²) in [6.45, 7) is 3.05. The molecule has 0 bridgehead atoms. The Morgan fingerprint density at radius 2 is 2.10 bits per heavy atom. The molecule has 0 N–H and O–H groups in total. The highest BCUT2D eigenvalue weighted by Crippen LogP contribution is 2.12. The van der Waals surface area contributed by atoms with E-state index < -0.39 is 11.6 Å². The molecule has 2 rings (SSSR count). The Bertz CT molecular complexity index is 582. The third-order valence-corrected chi connectivity index (χ3v) is 3.01. The van der Waals surface area contributed by atoms with Gasteiger partial charge in [-0.25, -0.2) is 8.78 Å². The molecule has 0 unspecified atom stereocenters. The van der Waals surface area contributed by atoms with Gasteiger partial charge < -0.3 is 4.42 Å². The van der Waals surface area contributed by atoms with Crippen LogP contribution in [0.5, 0.6) is 0 Å². The Labute approximate surface area is 115 Å². The molecule has 0 aliphatic heterocycles. The van der Waals surface area contributed by atoms with Crippen molar-refractivity contribution in [2.45, 2.75) is 13.5 Å². The molecule has 0 saturated carbocycles. The lowest BCUT2D eigenvalue weighted by Gasteiger charge is -2.18. The molecule has 0 radical (unpaired) electrons. The van der Waals surface area contributed by atoms with E-state index in [0.29, 0.717) is 13.1 Å². The molecule has 5 heteroatoms. The van der Waals surface area contributed by atoms with Gasteiger partial charge in [0.2, 0.25) is 0 Å². The Kier molecular flexibility index (Phi) is 4.63. The molecule has 0 spiro atoms. The van der Waals surface area contributed by atoms with Gasteiger partial charge in [0.25, 0.3) is 0 Å². The molecule has 0 amide bonds. The first-order valence-electron chi connectivity index (χ1n) is 6.33. The first-order valence-corrected chi connectivity index (χ1v) is 6.33. The number of hydrogen-bond acceptors (Lipinski definition) is 3. The number of hydrogen-bond donors (Lipinski definition) is 0. The molecule has 1 aromatic heterocycles. The zero-order chi connectivity index (χ0) is 14.5. The first kappa shape index (κ1) is 14.4. The van der Waals surface area contributed by atoms with Crippen molar-refractivity contribution in [3.05, 3.63) is 59.6 Å². The predicted molar refractivity (Wildman–Crippen MR) is 70.3 cm³/mol. The maximum absolute atomic E-state index is 13.5. The van der Waals surface area contributed by atoms with Crippen LogP contribution in [-0.4, -0.2) is 23.8 Å². The highest BCUT2D eigenvalue weighted by molar-refractivity contribution is 5.97. The fourth-order valence-electron chi connectivity index (χ4n) is 1.91. The summed E-state index contributed by atoms with van der Waals surface area (Å²) in [7, 11) is 0. The van der Waals surface area contributed by atoms with Crippen LogP contribution in [0.25, 0.3) is 0 Å². The van der Waals surface area contributed by atoms with Crippen LogP contribution in [-0.2, 0) is 6.54 Å². The summed E-state index contributed by atoms with van der Waals surface area (Å²) >= 11 is 0. The van der Waals surface area contributed by atoms with Gasteiger partial charge in [-0.15, -0.1) is 0 Å². The molecule has 0 aliphatic rings. The van der Waals surface area contributed by atoms with Crippen LogP contribution in [0.4, 0.5) is 8.78 Å². The van der Waals surface area contributed by atoms with E-state index in [4.69, 9.17) is 4.42 Å². The molecule has 106 valence electrons. The number of carbonyl (C=O) groups is 1. The van der Waals surface area contributed by atoms with Crippen molar-refractivity contribution in [1.82, 2.24) is 4.90 Å². The van der Waals surface area contributed by atoms with Crippen molar-refractivity contribution in [3.8, 4) is 0 Å². The van der Waals surface area contributed by atoms with E-state index in [2.05, 4.69) is 0 Å². The number of likely N-dealkylation sites (N-methyl/N-ethyl adjacent to an activating group) is 1. The van der Waals surface area contributed by atoms with Crippen LogP contribution in [0.3, 0.4) is 0 Å². The Hall–Kier alpha value is -2.01. The topological polar surface area (TPSA) is 33.5 Å². The van der Waals surface area contributed by atoms with Gasteiger partial charge >= 0.3 is 0 Å². The van der Waals surface area contributed by atoms with Gasteiger partial charge in [0.05, 0.1) is 24.9 Å². The third-order valence-electron chi connectivity index (χ3n) is 3.01. The monoisotopic (exact) mass is 279 g/mol. The number of carbonyl (C=O) groups excluding carboxylic acids is 1. The van der Waals surface area contributed by atoms with Gasteiger partial charge in [-0.3, -0.25) is 9.69 Å². The summed E-state index contributed by atoms with van der Waals surface area (Å²) in [6.07, 6.45) is 1.56. The minimum atomic E-state index is -0.830. The van der Waals surface area contributed by atoms with Crippen molar-refractivity contribution >= 4 is 5.78 Å². The molecular weight excluding hydrogens is 264 g/mol. The minimum absolute atomic E-state index is 0.0553. The summed E-state index contributed by atoms with van der Waals surface area (Å²) in [5.41, 5.74) is -0.0932. The largest absolute Gasteiger partial charge is 0.468 e. The molecule has 0 aliphatic carbocycles. The van der Waals surface area contributed by atoms with Crippen molar-refractivity contribution in [1.29, 1.82) is 0 Å². The van der Waals surface area contributed by atoms with Crippen LogP contribution >= 0.6 is 0 Å². The Morgan fingerprint density at radius 3 is 2.70 bits per heavy atom. The molecule has 0 atom stereocenters. The molecule has 20 heavy (non-hydrogen) atoms. The minimum Gasteiger partial charge on any atom is -0.468 e. The van der Waals surface area contributed by atoms with E-state index in [1.165, 1.54) is 6.07 Å². The maximum atomic E-state index is 13.5. The zero-order valence-electron chi connectivity index (χ0n) is 11.1. The maximum Gasteiger partial charge on any atom is 0.179 e. The Balaban J connectivity index is 2.05. The molecule has 3 nitrogen and oxygen atoms in total. The fraction of sp³-hybridized carbons (Fsp3) is 0.267. The standard InChI is InChI=1S/C15H15F2NO2/c1-2-18(9-12-4-3-7-20-12)10-15(19)13-6-5-11(16)8-14(13)17/h3-8H,2,9-10H2,1H3. The number of furan rings is 1. The van der Waals surface area contributed by atoms with Gasteiger partial charge in [0.1, 0.15) is 17.4 Å². The summed E-state index contributed by atoms with van der Waals surface area (Å²) < 4.78 is 31.6. The molecule has 1 aromatic carbocycles. The number of halogens is 2. The lowest BCUT2D eigenvalue weighted by atomic mass is 10.1. The fourth-order valence-corrected chi connectivity index (χ4v) is 1.91. The van der Waals surface area contributed by atoms with Gasteiger partial charge in [-0.1, -0.05) is 6.92 Å². The van der Waals surface area contributed by atoms with E-state index in [1.54, 1.807) is 12.3 Å². The summed E-state index contributed by atoms with van der Waals surface area (Å²) in [6, 6.07) is 6.55.